The number of hydrogen-bond acceptors (Lipinski definition) is 4. The van der Waals surface area contributed by atoms with Gasteiger partial charge in [0.1, 0.15) is 5.82 Å². The van der Waals surface area contributed by atoms with Crippen LogP contribution in [0.2, 0.25) is 0 Å². The lowest BCUT2D eigenvalue weighted by Gasteiger charge is -2.05. The van der Waals surface area contributed by atoms with Gasteiger partial charge in [-0.15, -0.1) is 11.8 Å². The SMILES string of the molecule is CCSc1ccc(-c2nc(COC)cc(=O)[nH]2)cc1. The quantitative estimate of drug-likeness (QED) is 0.853. The Hall–Kier alpha value is -1.59. The molecule has 0 unspecified atom stereocenters. The minimum Gasteiger partial charge on any atom is -0.378 e. The van der Waals surface area contributed by atoms with E-state index in [2.05, 4.69) is 16.9 Å². The number of hydrogen-bond donors (Lipinski definition) is 1. The number of methoxy groups -OCH3 is 1. The van der Waals surface area contributed by atoms with Crippen molar-refractivity contribution in [3.63, 3.8) is 0 Å². The van der Waals surface area contributed by atoms with Crippen LogP contribution in [-0.4, -0.2) is 22.8 Å². The number of nitrogens with zero attached hydrogens (tertiary/aromatic N) is 1. The van der Waals surface area contributed by atoms with E-state index in [1.807, 2.05) is 24.3 Å². The third kappa shape index (κ3) is 3.68. The highest BCUT2D eigenvalue weighted by Gasteiger charge is 2.04. The molecule has 5 heteroatoms. The van der Waals surface area contributed by atoms with E-state index in [1.54, 1.807) is 18.9 Å². The van der Waals surface area contributed by atoms with Gasteiger partial charge in [-0.2, -0.15) is 0 Å². The Morgan fingerprint density at radius 3 is 2.68 bits per heavy atom. The lowest BCUT2D eigenvalue weighted by molar-refractivity contribution is 0.181. The second kappa shape index (κ2) is 6.54. The van der Waals surface area contributed by atoms with E-state index in [-0.39, 0.29) is 5.56 Å². The van der Waals surface area contributed by atoms with Crippen LogP contribution in [0.5, 0.6) is 0 Å². The molecule has 0 aliphatic carbocycles. The first kappa shape index (κ1) is 13.8. The molecule has 0 radical (unpaired) electrons. The molecule has 0 amide bonds. The highest BCUT2D eigenvalue weighted by molar-refractivity contribution is 7.99. The molecule has 0 fully saturated rings. The fraction of sp³-hybridized carbons (Fsp3) is 0.286. The van der Waals surface area contributed by atoms with E-state index in [0.717, 1.165) is 11.3 Å². The highest BCUT2D eigenvalue weighted by Crippen LogP contribution is 2.21. The van der Waals surface area contributed by atoms with Crippen LogP contribution in [0.15, 0.2) is 40.0 Å². The Morgan fingerprint density at radius 2 is 2.05 bits per heavy atom. The maximum absolute atomic E-state index is 11.6. The molecule has 2 rings (SSSR count). The first-order chi connectivity index (χ1) is 9.22. The monoisotopic (exact) mass is 276 g/mol. The van der Waals surface area contributed by atoms with Crippen LogP contribution >= 0.6 is 11.8 Å². The van der Waals surface area contributed by atoms with E-state index < -0.39 is 0 Å². The molecule has 1 heterocycles. The minimum atomic E-state index is -0.163. The standard InChI is InChI=1S/C14H16N2O2S/c1-3-19-12-6-4-10(5-7-12)14-15-11(9-18-2)8-13(17)16-14/h4-8H,3,9H2,1-2H3,(H,15,16,17). The van der Waals surface area contributed by atoms with E-state index in [1.165, 1.54) is 11.0 Å². The molecule has 0 atom stereocenters. The number of benzene rings is 1. The van der Waals surface area contributed by atoms with Crippen molar-refractivity contribution in [1.29, 1.82) is 0 Å². The Morgan fingerprint density at radius 1 is 1.32 bits per heavy atom. The molecule has 2 aromatic rings. The van der Waals surface area contributed by atoms with Crippen LogP contribution in [0.25, 0.3) is 11.4 Å². The number of rotatable bonds is 5. The summed E-state index contributed by atoms with van der Waals surface area (Å²) in [5.74, 6) is 1.62. The van der Waals surface area contributed by atoms with Gasteiger partial charge < -0.3 is 9.72 Å². The van der Waals surface area contributed by atoms with Gasteiger partial charge in [-0.3, -0.25) is 4.79 Å². The molecule has 0 saturated heterocycles. The summed E-state index contributed by atoms with van der Waals surface area (Å²) in [5.41, 5.74) is 1.37. The van der Waals surface area contributed by atoms with Gasteiger partial charge in [0.2, 0.25) is 0 Å². The van der Waals surface area contributed by atoms with Gasteiger partial charge in [0.05, 0.1) is 12.3 Å². The molecular weight excluding hydrogens is 260 g/mol. The van der Waals surface area contributed by atoms with Crippen LogP contribution in [-0.2, 0) is 11.3 Å². The van der Waals surface area contributed by atoms with Crippen molar-refractivity contribution in [1.82, 2.24) is 9.97 Å². The van der Waals surface area contributed by atoms with Crippen molar-refractivity contribution in [2.45, 2.75) is 18.4 Å². The summed E-state index contributed by atoms with van der Waals surface area (Å²) in [5, 5.41) is 0. The van der Waals surface area contributed by atoms with Gasteiger partial charge in [-0.1, -0.05) is 19.1 Å². The first-order valence-electron chi connectivity index (χ1n) is 6.05. The summed E-state index contributed by atoms with van der Waals surface area (Å²) < 4.78 is 5.01. The average molecular weight is 276 g/mol. The molecule has 1 aromatic carbocycles. The predicted molar refractivity (Wildman–Crippen MR) is 77.4 cm³/mol. The van der Waals surface area contributed by atoms with Crippen molar-refractivity contribution < 1.29 is 4.74 Å². The molecule has 4 nitrogen and oxygen atoms in total. The van der Waals surface area contributed by atoms with Crippen LogP contribution in [0.4, 0.5) is 0 Å². The summed E-state index contributed by atoms with van der Waals surface area (Å²) in [4.78, 5) is 19.9. The predicted octanol–water partition coefficient (Wildman–Crippen LogP) is 2.70. The molecule has 0 spiro atoms. The Bertz CT molecular complexity index is 593. The number of aromatic nitrogens is 2. The molecule has 1 aromatic heterocycles. The van der Waals surface area contributed by atoms with Crippen molar-refractivity contribution >= 4 is 11.8 Å². The largest absolute Gasteiger partial charge is 0.378 e. The molecule has 0 saturated carbocycles. The number of aromatic amines is 1. The van der Waals surface area contributed by atoms with Crippen molar-refractivity contribution in [3.05, 3.63) is 46.4 Å². The third-order valence-corrected chi connectivity index (χ3v) is 3.42. The Labute approximate surface area is 116 Å². The van der Waals surface area contributed by atoms with E-state index in [9.17, 15) is 4.79 Å². The summed E-state index contributed by atoms with van der Waals surface area (Å²) >= 11 is 1.78. The van der Waals surface area contributed by atoms with E-state index >= 15 is 0 Å². The van der Waals surface area contributed by atoms with Crippen molar-refractivity contribution in [3.8, 4) is 11.4 Å². The first-order valence-corrected chi connectivity index (χ1v) is 7.04. The highest BCUT2D eigenvalue weighted by atomic mass is 32.2. The molecule has 0 aliphatic heterocycles. The smallest absolute Gasteiger partial charge is 0.251 e. The number of nitrogens with one attached hydrogen (secondary N) is 1. The third-order valence-electron chi connectivity index (χ3n) is 2.53. The minimum absolute atomic E-state index is 0.163. The van der Waals surface area contributed by atoms with Crippen molar-refractivity contribution in [2.24, 2.45) is 0 Å². The lowest BCUT2D eigenvalue weighted by atomic mass is 10.2. The van der Waals surface area contributed by atoms with Gasteiger partial charge in [0, 0.05) is 23.6 Å². The number of ether oxygens (including phenoxy) is 1. The number of thioether (sulfide) groups is 1. The fourth-order valence-corrected chi connectivity index (χ4v) is 2.40. The molecule has 100 valence electrons. The van der Waals surface area contributed by atoms with Gasteiger partial charge in [-0.05, 0) is 17.9 Å². The Balaban J connectivity index is 2.32. The zero-order valence-corrected chi connectivity index (χ0v) is 11.8. The van der Waals surface area contributed by atoms with Gasteiger partial charge in [-0.25, -0.2) is 4.98 Å². The normalized spacial score (nSPS) is 10.6. The summed E-state index contributed by atoms with van der Waals surface area (Å²) in [7, 11) is 1.58. The summed E-state index contributed by atoms with van der Waals surface area (Å²) in [6, 6.07) is 9.45. The molecule has 19 heavy (non-hydrogen) atoms. The molecule has 0 aliphatic rings. The van der Waals surface area contributed by atoms with Crippen LogP contribution < -0.4 is 5.56 Å². The number of H-pyrrole nitrogens is 1. The van der Waals surface area contributed by atoms with Gasteiger partial charge in [0.25, 0.3) is 5.56 Å². The summed E-state index contributed by atoms with van der Waals surface area (Å²) in [6.45, 7) is 2.45. The van der Waals surface area contributed by atoms with Crippen molar-refractivity contribution in [2.75, 3.05) is 12.9 Å². The van der Waals surface area contributed by atoms with Crippen LogP contribution in [0.1, 0.15) is 12.6 Å². The zero-order valence-electron chi connectivity index (χ0n) is 11.0. The fourth-order valence-electron chi connectivity index (χ4n) is 1.74. The van der Waals surface area contributed by atoms with Crippen LogP contribution in [0.3, 0.4) is 0 Å². The van der Waals surface area contributed by atoms with Crippen LogP contribution in [0, 0.1) is 0 Å². The molecule has 1 N–H and O–H groups in total. The Kier molecular flexibility index (Phi) is 4.76. The second-order valence-corrected chi connectivity index (χ2v) is 5.31. The zero-order chi connectivity index (χ0) is 13.7. The molecule has 0 bridgehead atoms. The maximum Gasteiger partial charge on any atom is 0.251 e. The maximum atomic E-state index is 11.6. The topological polar surface area (TPSA) is 55.0 Å². The van der Waals surface area contributed by atoms with E-state index in [4.69, 9.17) is 4.74 Å². The lowest BCUT2D eigenvalue weighted by Crippen LogP contribution is -2.10. The summed E-state index contributed by atoms with van der Waals surface area (Å²) in [6.07, 6.45) is 0. The average Bonchev–Trinajstić information content (AvgIpc) is 2.40. The molecular formula is C14H16N2O2S. The van der Waals surface area contributed by atoms with Gasteiger partial charge >= 0.3 is 0 Å². The van der Waals surface area contributed by atoms with Gasteiger partial charge in [0.15, 0.2) is 0 Å². The van der Waals surface area contributed by atoms with E-state index in [0.29, 0.717) is 18.1 Å². The second-order valence-electron chi connectivity index (χ2n) is 3.98.